The Kier molecular flexibility index (Phi) is 3.69. The first-order valence-electron chi connectivity index (χ1n) is 5.70. The molecular weight excluding hydrogens is 238 g/mol. The van der Waals surface area contributed by atoms with E-state index >= 15 is 0 Å². The van der Waals surface area contributed by atoms with Crippen LogP contribution in [0.15, 0.2) is 24.3 Å². The van der Waals surface area contributed by atoms with Crippen molar-refractivity contribution in [1.29, 1.82) is 0 Å². The number of para-hydroxylation sites is 1. The van der Waals surface area contributed by atoms with Gasteiger partial charge in [0.25, 0.3) is 0 Å². The zero-order valence-electron chi connectivity index (χ0n) is 9.85. The standard InChI is InChI=1S/C12H17NO3S/c1-13-8-10-4-2-3-5-12(10)16-11-6-7-17(14,15)9-11/h2-5,11,13H,6-9H2,1H3. The highest BCUT2D eigenvalue weighted by Crippen LogP contribution is 2.23. The van der Waals surface area contributed by atoms with Crippen LogP contribution in [0.2, 0.25) is 0 Å². The van der Waals surface area contributed by atoms with Crippen LogP contribution in [-0.4, -0.2) is 33.1 Å². The van der Waals surface area contributed by atoms with Crippen molar-refractivity contribution in [2.75, 3.05) is 18.6 Å². The lowest BCUT2D eigenvalue weighted by Gasteiger charge is -2.15. The molecule has 1 saturated heterocycles. The molecule has 17 heavy (non-hydrogen) atoms. The van der Waals surface area contributed by atoms with Crippen LogP contribution in [0.5, 0.6) is 5.75 Å². The molecule has 1 N–H and O–H groups in total. The second-order valence-electron chi connectivity index (χ2n) is 4.28. The third kappa shape index (κ3) is 3.20. The van der Waals surface area contributed by atoms with Gasteiger partial charge in [-0.1, -0.05) is 18.2 Å². The molecule has 0 radical (unpaired) electrons. The first-order chi connectivity index (χ1) is 8.11. The molecule has 0 bridgehead atoms. The number of ether oxygens (including phenoxy) is 1. The molecule has 0 spiro atoms. The molecule has 1 unspecified atom stereocenters. The zero-order chi connectivity index (χ0) is 12.3. The maximum atomic E-state index is 11.3. The lowest BCUT2D eigenvalue weighted by molar-refractivity contribution is 0.226. The molecular formula is C12H17NO3S. The van der Waals surface area contributed by atoms with E-state index in [1.54, 1.807) is 0 Å². The Labute approximate surface area is 102 Å². The summed E-state index contributed by atoms with van der Waals surface area (Å²) in [4.78, 5) is 0. The number of rotatable bonds is 4. The number of hydrogen-bond acceptors (Lipinski definition) is 4. The summed E-state index contributed by atoms with van der Waals surface area (Å²) in [7, 11) is -1.01. The highest BCUT2D eigenvalue weighted by Gasteiger charge is 2.29. The van der Waals surface area contributed by atoms with E-state index in [4.69, 9.17) is 4.74 Å². The number of hydrogen-bond donors (Lipinski definition) is 1. The van der Waals surface area contributed by atoms with Crippen LogP contribution in [0.25, 0.3) is 0 Å². The smallest absolute Gasteiger partial charge is 0.154 e. The average molecular weight is 255 g/mol. The van der Waals surface area contributed by atoms with E-state index in [9.17, 15) is 8.42 Å². The van der Waals surface area contributed by atoms with Gasteiger partial charge < -0.3 is 10.1 Å². The Hall–Kier alpha value is -1.07. The van der Waals surface area contributed by atoms with Crippen molar-refractivity contribution in [3.8, 4) is 5.75 Å². The van der Waals surface area contributed by atoms with Gasteiger partial charge in [-0.25, -0.2) is 8.42 Å². The Morgan fingerprint density at radius 2 is 2.18 bits per heavy atom. The van der Waals surface area contributed by atoms with Crippen molar-refractivity contribution in [3.63, 3.8) is 0 Å². The van der Waals surface area contributed by atoms with E-state index < -0.39 is 9.84 Å². The van der Waals surface area contributed by atoms with E-state index in [1.165, 1.54) is 0 Å². The van der Waals surface area contributed by atoms with Crippen LogP contribution < -0.4 is 10.1 Å². The van der Waals surface area contributed by atoms with E-state index in [0.717, 1.165) is 17.9 Å². The number of benzene rings is 1. The molecule has 5 heteroatoms. The van der Waals surface area contributed by atoms with Crippen LogP contribution in [0, 0.1) is 0 Å². The molecule has 1 fully saturated rings. The molecule has 2 rings (SSSR count). The first-order valence-corrected chi connectivity index (χ1v) is 7.52. The summed E-state index contributed by atoms with van der Waals surface area (Å²) in [5.41, 5.74) is 1.05. The third-order valence-corrected chi connectivity index (χ3v) is 4.56. The van der Waals surface area contributed by atoms with Gasteiger partial charge in [0.05, 0.1) is 11.5 Å². The van der Waals surface area contributed by atoms with Gasteiger partial charge in [-0.15, -0.1) is 0 Å². The first kappa shape index (κ1) is 12.4. The molecule has 94 valence electrons. The van der Waals surface area contributed by atoms with Gasteiger partial charge in [0.15, 0.2) is 9.84 Å². The fourth-order valence-corrected chi connectivity index (χ4v) is 3.58. The van der Waals surface area contributed by atoms with Crippen LogP contribution in [0.1, 0.15) is 12.0 Å². The van der Waals surface area contributed by atoms with Gasteiger partial charge in [-0.3, -0.25) is 0 Å². The third-order valence-electron chi connectivity index (χ3n) is 2.82. The fraction of sp³-hybridized carbons (Fsp3) is 0.500. The van der Waals surface area contributed by atoms with E-state index in [2.05, 4.69) is 5.32 Å². The van der Waals surface area contributed by atoms with Crippen LogP contribution in [-0.2, 0) is 16.4 Å². The summed E-state index contributed by atoms with van der Waals surface area (Å²) < 4.78 is 28.5. The summed E-state index contributed by atoms with van der Waals surface area (Å²) in [6.07, 6.45) is 0.397. The molecule has 1 aromatic carbocycles. The van der Waals surface area contributed by atoms with Gasteiger partial charge in [-0.2, -0.15) is 0 Å². The molecule has 1 atom stereocenters. The van der Waals surface area contributed by atoms with Gasteiger partial charge in [0, 0.05) is 12.1 Å². The predicted molar refractivity (Wildman–Crippen MR) is 66.9 cm³/mol. The monoisotopic (exact) mass is 255 g/mol. The molecule has 1 aliphatic heterocycles. The molecule has 0 aromatic heterocycles. The Morgan fingerprint density at radius 1 is 1.41 bits per heavy atom. The van der Waals surface area contributed by atoms with Crippen molar-refractivity contribution in [3.05, 3.63) is 29.8 Å². The Morgan fingerprint density at radius 3 is 2.82 bits per heavy atom. The number of nitrogens with one attached hydrogen (secondary N) is 1. The predicted octanol–water partition coefficient (Wildman–Crippen LogP) is 0.972. The average Bonchev–Trinajstić information content (AvgIpc) is 2.61. The summed E-state index contributed by atoms with van der Waals surface area (Å²) in [5.74, 6) is 1.16. The molecule has 0 aliphatic carbocycles. The number of sulfone groups is 1. The van der Waals surface area contributed by atoms with Crippen molar-refractivity contribution in [2.45, 2.75) is 19.1 Å². The van der Waals surface area contributed by atoms with Gasteiger partial charge in [0.2, 0.25) is 0 Å². The van der Waals surface area contributed by atoms with Gasteiger partial charge >= 0.3 is 0 Å². The fourth-order valence-electron chi connectivity index (χ4n) is 1.99. The topological polar surface area (TPSA) is 55.4 Å². The molecule has 4 nitrogen and oxygen atoms in total. The summed E-state index contributed by atoms with van der Waals surface area (Å²) in [6.45, 7) is 0.718. The highest BCUT2D eigenvalue weighted by atomic mass is 32.2. The van der Waals surface area contributed by atoms with Gasteiger partial charge in [-0.05, 0) is 19.5 Å². The van der Waals surface area contributed by atoms with E-state index in [0.29, 0.717) is 6.42 Å². The Balaban J connectivity index is 2.08. The quantitative estimate of drug-likeness (QED) is 0.871. The summed E-state index contributed by atoms with van der Waals surface area (Å²) in [6, 6.07) is 7.72. The van der Waals surface area contributed by atoms with E-state index in [1.807, 2.05) is 31.3 Å². The van der Waals surface area contributed by atoms with Crippen molar-refractivity contribution < 1.29 is 13.2 Å². The SMILES string of the molecule is CNCc1ccccc1OC1CCS(=O)(=O)C1. The maximum Gasteiger partial charge on any atom is 0.154 e. The molecule has 1 aliphatic rings. The molecule has 0 amide bonds. The second-order valence-corrected chi connectivity index (χ2v) is 6.51. The van der Waals surface area contributed by atoms with E-state index in [-0.39, 0.29) is 17.6 Å². The Bertz CT molecular complexity index is 484. The van der Waals surface area contributed by atoms with Crippen molar-refractivity contribution in [2.24, 2.45) is 0 Å². The highest BCUT2D eigenvalue weighted by molar-refractivity contribution is 7.91. The minimum absolute atomic E-state index is 0.140. The summed E-state index contributed by atoms with van der Waals surface area (Å²) >= 11 is 0. The van der Waals surface area contributed by atoms with Crippen LogP contribution >= 0.6 is 0 Å². The van der Waals surface area contributed by atoms with Crippen LogP contribution in [0.3, 0.4) is 0 Å². The summed E-state index contributed by atoms with van der Waals surface area (Å²) in [5, 5.41) is 3.07. The molecule has 1 heterocycles. The van der Waals surface area contributed by atoms with Crippen molar-refractivity contribution in [1.82, 2.24) is 5.32 Å². The lowest BCUT2D eigenvalue weighted by atomic mass is 10.2. The van der Waals surface area contributed by atoms with Crippen LogP contribution in [0.4, 0.5) is 0 Å². The minimum atomic E-state index is -2.88. The zero-order valence-corrected chi connectivity index (χ0v) is 10.7. The minimum Gasteiger partial charge on any atom is -0.489 e. The lowest BCUT2D eigenvalue weighted by Crippen LogP contribution is -2.19. The molecule has 1 aromatic rings. The second kappa shape index (κ2) is 5.06. The largest absolute Gasteiger partial charge is 0.489 e. The van der Waals surface area contributed by atoms with Gasteiger partial charge in [0.1, 0.15) is 11.9 Å². The normalized spacial score (nSPS) is 22.5. The maximum absolute atomic E-state index is 11.3. The van der Waals surface area contributed by atoms with Crippen molar-refractivity contribution >= 4 is 9.84 Å². The molecule has 0 saturated carbocycles.